The van der Waals surface area contributed by atoms with E-state index < -0.39 is 35.8 Å². The van der Waals surface area contributed by atoms with Gasteiger partial charge < -0.3 is 19.3 Å². The lowest BCUT2D eigenvalue weighted by Gasteiger charge is -2.26. The zero-order valence-corrected chi connectivity index (χ0v) is 15.2. The molecule has 1 amide bonds. The standard InChI is InChI=1S/C18H23NO7/c1-18(2,3)26-17(23)19-10-11(9-13(19)15(20)21)25-14-8-6-5-7-12(14)16(22)24-4/h5-8,11,13H,9-10H2,1-4H3,(H,20,21)/t11-,13+/m1/s1. The molecule has 142 valence electrons. The smallest absolute Gasteiger partial charge is 0.411 e. The van der Waals surface area contributed by atoms with Crippen molar-refractivity contribution in [3.05, 3.63) is 29.8 Å². The highest BCUT2D eigenvalue weighted by Gasteiger charge is 2.43. The molecule has 0 aromatic heterocycles. The number of carbonyl (C=O) groups excluding carboxylic acids is 2. The molecule has 1 aliphatic rings. The molecule has 1 heterocycles. The van der Waals surface area contributed by atoms with Gasteiger partial charge in [0.25, 0.3) is 0 Å². The molecule has 1 aliphatic heterocycles. The monoisotopic (exact) mass is 365 g/mol. The summed E-state index contributed by atoms with van der Waals surface area (Å²) in [6.07, 6.45) is -1.21. The maximum atomic E-state index is 12.3. The molecule has 1 N–H and O–H groups in total. The Kier molecular flexibility index (Phi) is 5.74. The summed E-state index contributed by atoms with van der Waals surface area (Å²) < 4.78 is 15.8. The molecule has 2 rings (SSSR count). The average Bonchev–Trinajstić information content (AvgIpc) is 2.97. The van der Waals surface area contributed by atoms with Crippen LogP contribution in [0.15, 0.2) is 24.3 Å². The van der Waals surface area contributed by atoms with E-state index in [2.05, 4.69) is 0 Å². The van der Waals surface area contributed by atoms with Crippen molar-refractivity contribution >= 4 is 18.0 Å². The summed E-state index contributed by atoms with van der Waals surface area (Å²) in [4.78, 5) is 36.8. The zero-order valence-electron chi connectivity index (χ0n) is 15.2. The maximum Gasteiger partial charge on any atom is 0.411 e. The van der Waals surface area contributed by atoms with Crippen LogP contribution >= 0.6 is 0 Å². The third-order valence-corrected chi connectivity index (χ3v) is 3.76. The van der Waals surface area contributed by atoms with E-state index in [-0.39, 0.29) is 24.3 Å². The van der Waals surface area contributed by atoms with E-state index in [1.165, 1.54) is 7.11 Å². The van der Waals surface area contributed by atoms with Gasteiger partial charge in [0.2, 0.25) is 0 Å². The Hall–Kier alpha value is -2.77. The first-order valence-corrected chi connectivity index (χ1v) is 8.19. The highest BCUT2D eigenvalue weighted by molar-refractivity contribution is 5.92. The summed E-state index contributed by atoms with van der Waals surface area (Å²) >= 11 is 0. The van der Waals surface area contributed by atoms with E-state index in [1.54, 1.807) is 45.0 Å². The Labute approximate surface area is 151 Å². The van der Waals surface area contributed by atoms with Crippen LogP contribution in [-0.2, 0) is 14.3 Å². The zero-order chi connectivity index (χ0) is 19.5. The topological polar surface area (TPSA) is 102 Å². The van der Waals surface area contributed by atoms with Crippen molar-refractivity contribution in [2.45, 2.75) is 44.9 Å². The number of carbonyl (C=O) groups is 3. The van der Waals surface area contributed by atoms with Crippen LogP contribution in [0.4, 0.5) is 4.79 Å². The molecule has 1 saturated heterocycles. The Balaban J connectivity index is 2.17. The van der Waals surface area contributed by atoms with Crippen LogP contribution in [0.25, 0.3) is 0 Å². The first-order valence-electron chi connectivity index (χ1n) is 8.19. The van der Waals surface area contributed by atoms with Gasteiger partial charge in [0.1, 0.15) is 29.1 Å². The van der Waals surface area contributed by atoms with Crippen LogP contribution in [0.3, 0.4) is 0 Å². The Morgan fingerprint density at radius 1 is 1.19 bits per heavy atom. The van der Waals surface area contributed by atoms with Crippen molar-refractivity contribution in [3.63, 3.8) is 0 Å². The Morgan fingerprint density at radius 2 is 1.85 bits per heavy atom. The van der Waals surface area contributed by atoms with Crippen LogP contribution in [0.2, 0.25) is 0 Å². The van der Waals surface area contributed by atoms with E-state index >= 15 is 0 Å². The molecule has 0 unspecified atom stereocenters. The first-order chi connectivity index (χ1) is 12.1. The average molecular weight is 365 g/mol. The number of methoxy groups -OCH3 is 1. The minimum atomic E-state index is -1.14. The van der Waals surface area contributed by atoms with E-state index in [4.69, 9.17) is 14.2 Å². The van der Waals surface area contributed by atoms with Gasteiger partial charge in [-0.25, -0.2) is 14.4 Å². The quantitative estimate of drug-likeness (QED) is 0.817. The van der Waals surface area contributed by atoms with E-state index in [0.29, 0.717) is 0 Å². The molecule has 1 aromatic rings. The summed E-state index contributed by atoms with van der Waals surface area (Å²) in [5.41, 5.74) is -0.506. The number of rotatable bonds is 4. The number of carboxylic acids is 1. The third kappa shape index (κ3) is 4.65. The molecular formula is C18H23NO7. The van der Waals surface area contributed by atoms with Gasteiger partial charge in [-0.2, -0.15) is 0 Å². The van der Waals surface area contributed by atoms with Crippen LogP contribution in [0, 0.1) is 0 Å². The number of ether oxygens (including phenoxy) is 3. The number of hydrogen-bond donors (Lipinski definition) is 1. The van der Waals surface area contributed by atoms with Gasteiger partial charge in [0.15, 0.2) is 0 Å². The van der Waals surface area contributed by atoms with Crippen LogP contribution in [0.5, 0.6) is 5.75 Å². The summed E-state index contributed by atoms with van der Waals surface area (Å²) in [7, 11) is 1.26. The number of hydrogen-bond acceptors (Lipinski definition) is 6. The maximum absolute atomic E-state index is 12.3. The van der Waals surface area contributed by atoms with Crippen molar-refractivity contribution in [1.82, 2.24) is 4.90 Å². The molecule has 0 aliphatic carbocycles. The lowest BCUT2D eigenvalue weighted by molar-refractivity contribution is -0.142. The van der Waals surface area contributed by atoms with Crippen molar-refractivity contribution in [2.24, 2.45) is 0 Å². The van der Waals surface area contributed by atoms with Gasteiger partial charge in [0, 0.05) is 6.42 Å². The fraction of sp³-hybridized carbons (Fsp3) is 0.500. The largest absolute Gasteiger partial charge is 0.488 e. The molecule has 1 aromatic carbocycles. The molecule has 8 nitrogen and oxygen atoms in total. The summed E-state index contributed by atoms with van der Waals surface area (Å²) in [5.74, 6) is -1.42. The summed E-state index contributed by atoms with van der Waals surface area (Å²) in [5, 5.41) is 9.42. The van der Waals surface area contributed by atoms with Gasteiger partial charge in [-0.05, 0) is 32.9 Å². The highest BCUT2D eigenvalue weighted by Crippen LogP contribution is 2.27. The summed E-state index contributed by atoms with van der Waals surface area (Å²) in [6.45, 7) is 5.16. The second kappa shape index (κ2) is 7.63. The number of para-hydroxylation sites is 1. The van der Waals surface area contributed by atoms with Gasteiger partial charge >= 0.3 is 18.0 Å². The minimum Gasteiger partial charge on any atom is -0.488 e. The second-order valence-electron chi connectivity index (χ2n) is 6.95. The lowest BCUT2D eigenvalue weighted by atomic mass is 10.1. The highest BCUT2D eigenvalue weighted by atomic mass is 16.6. The number of likely N-dealkylation sites (tertiary alicyclic amines) is 1. The van der Waals surface area contributed by atoms with E-state index in [9.17, 15) is 19.5 Å². The Bertz CT molecular complexity index is 695. The van der Waals surface area contributed by atoms with Crippen molar-refractivity contribution in [1.29, 1.82) is 0 Å². The van der Waals surface area contributed by atoms with Crippen LogP contribution < -0.4 is 4.74 Å². The van der Waals surface area contributed by atoms with E-state index in [0.717, 1.165) is 4.90 Å². The second-order valence-corrected chi connectivity index (χ2v) is 6.95. The number of esters is 1. The van der Waals surface area contributed by atoms with Gasteiger partial charge in [-0.1, -0.05) is 12.1 Å². The molecule has 2 atom stereocenters. The third-order valence-electron chi connectivity index (χ3n) is 3.76. The van der Waals surface area contributed by atoms with E-state index in [1.807, 2.05) is 0 Å². The minimum absolute atomic E-state index is 0.0430. The van der Waals surface area contributed by atoms with Crippen LogP contribution in [0.1, 0.15) is 37.6 Å². The normalized spacial score (nSPS) is 19.8. The molecular weight excluding hydrogens is 342 g/mol. The first kappa shape index (κ1) is 19.6. The predicted octanol–water partition coefficient (Wildman–Crippen LogP) is 2.31. The van der Waals surface area contributed by atoms with Gasteiger partial charge in [0.05, 0.1) is 13.7 Å². The number of carboxylic acid groups (broad SMARTS) is 1. The van der Waals surface area contributed by atoms with Crippen LogP contribution in [-0.4, -0.2) is 59.4 Å². The molecule has 0 saturated carbocycles. The summed E-state index contributed by atoms with van der Waals surface area (Å²) in [6, 6.07) is 5.45. The van der Waals surface area contributed by atoms with Crippen molar-refractivity contribution < 1.29 is 33.7 Å². The van der Waals surface area contributed by atoms with Crippen molar-refractivity contribution in [3.8, 4) is 5.75 Å². The molecule has 0 spiro atoms. The predicted molar refractivity (Wildman–Crippen MR) is 91.2 cm³/mol. The fourth-order valence-electron chi connectivity index (χ4n) is 2.67. The molecule has 0 bridgehead atoms. The van der Waals surface area contributed by atoms with Crippen molar-refractivity contribution in [2.75, 3.05) is 13.7 Å². The molecule has 8 heteroatoms. The number of aliphatic carboxylic acids is 1. The molecule has 26 heavy (non-hydrogen) atoms. The molecule has 0 radical (unpaired) electrons. The van der Waals surface area contributed by atoms with Gasteiger partial charge in [-0.15, -0.1) is 0 Å². The molecule has 1 fully saturated rings. The number of amides is 1. The van der Waals surface area contributed by atoms with Gasteiger partial charge in [-0.3, -0.25) is 4.90 Å². The number of nitrogens with zero attached hydrogens (tertiary/aromatic N) is 1. The Morgan fingerprint density at radius 3 is 2.42 bits per heavy atom. The lowest BCUT2D eigenvalue weighted by Crippen LogP contribution is -2.43. The SMILES string of the molecule is COC(=O)c1ccccc1O[C@@H]1C[C@@H](C(=O)O)N(C(=O)OC(C)(C)C)C1. The number of benzene rings is 1. The fourth-order valence-corrected chi connectivity index (χ4v) is 2.67.